The van der Waals surface area contributed by atoms with Gasteiger partial charge in [0.05, 0.1) is 0 Å². The molecule has 0 amide bonds. The predicted octanol–water partition coefficient (Wildman–Crippen LogP) is 0.976. The Morgan fingerprint density at radius 3 is 1.67 bits per heavy atom. The maximum absolute atomic E-state index is 11.0. The first-order valence-corrected chi connectivity index (χ1v) is 4.33. The van der Waals surface area contributed by atoms with Gasteiger partial charge in [0.2, 0.25) is 0 Å². The van der Waals surface area contributed by atoms with Gasteiger partial charge in [0, 0.05) is 22.7 Å². The lowest BCUT2D eigenvalue weighted by Gasteiger charge is -1.87. The Morgan fingerprint density at radius 2 is 1.44 bits per heavy atom. The van der Waals surface area contributed by atoms with E-state index in [0.29, 0.717) is 22.7 Å². The minimum atomic E-state index is -2.87. The predicted molar refractivity (Wildman–Crippen MR) is 34.3 cm³/mol. The highest BCUT2D eigenvalue weighted by molar-refractivity contribution is 7.99. The van der Waals surface area contributed by atoms with Gasteiger partial charge in [0.15, 0.2) is 9.84 Å². The fourth-order valence-corrected chi connectivity index (χ4v) is 2.07. The molecule has 0 saturated carbocycles. The Hall–Kier alpha value is -0.570. The van der Waals surface area contributed by atoms with Crippen LogP contribution in [0.1, 0.15) is 12.8 Å². The van der Waals surface area contributed by atoms with Crippen molar-refractivity contribution in [2.24, 2.45) is 0 Å². The third-order valence-electron chi connectivity index (χ3n) is 1.43. The summed E-state index contributed by atoms with van der Waals surface area (Å²) in [4.78, 5) is 1.23. The molecular weight excluding hydrogens is 136 g/mol. The van der Waals surface area contributed by atoms with E-state index in [2.05, 4.69) is 0 Å². The molecule has 0 saturated heterocycles. The van der Waals surface area contributed by atoms with Crippen molar-refractivity contribution in [1.82, 2.24) is 0 Å². The molecule has 0 N–H and O–H groups in total. The van der Waals surface area contributed by atoms with Gasteiger partial charge in [-0.15, -0.1) is 0 Å². The Labute approximate surface area is 53.8 Å². The van der Waals surface area contributed by atoms with E-state index in [9.17, 15) is 8.42 Å². The first-order chi connectivity index (χ1) is 4.21. The van der Waals surface area contributed by atoms with E-state index in [1.54, 1.807) is 12.2 Å². The number of allylic oxidation sites excluding steroid dienone is 4. The van der Waals surface area contributed by atoms with Gasteiger partial charge in [-0.1, -0.05) is 12.2 Å². The molecule has 3 heteroatoms. The van der Waals surface area contributed by atoms with Gasteiger partial charge in [-0.3, -0.25) is 0 Å². The van der Waals surface area contributed by atoms with Crippen LogP contribution in [0.4, 0.5) is 0 Å². The average Bonchev–Trinajstić information content (AvgIpc) is 2.62. The van der Waals surface area contributed by atoms with E-state index in [4.69, 9.17) is 0 Å². The fourth-order valence-electron chi connectivity index (χ4n) is 0.691. The zero-order chi connectivity index (χ0) is 6.48. The quantitative estimate of drug-likeness (QED) is 0.576. The van der Waals surface area contributed by atoms with Gasteiger partial charge in [-0.2, -0.15) is 0 Å². The summed E-state index contributed by atoms with van der Waals surface area (Å²) in [7, 11) is -2.87. The second-order valence-electron chi connectivity index (χ2n) is 2.25. The van der Waals surface area contributed by atoms with Crippen molar-refractivity contribution in [3.8, 4) is 0 Å². The van der Waals surface area contributed by atoms with Crippen LogP contribution in [0.5, 0.6) is 0 Å². The summed E-state index contributed by atoms with van der Waals surface area (Å²) in [5, 5.41) is 0. The molecule has 0 radical (unpaired) electrons. The van der Waals surface area contributed by atoms with Crippen LogP contribution in [-0.2, 0) is 9.84 Å². The molecule has 2 nitrogen and oxygen atoms in total. The molecule has 0 spiro atoms. The van der Waals surface area contributed by atoms with Gasteiger partial charge in [-0.25, -0.2) is 8.42 Å². The molecule has 2 rings (SSSR count). The largest absolute Gasteiger partial charge is 0.219 e. The van der Waals surface area contributed by atoms with E-state index in [1.807, 2.05) is 0 Å². The van der Waals surface area contributed by atoms with Crippen molar-refractivity contribution in [1.29, 1.82) is 0 Å². The fraction of sp³-hybridized carbons (Fsp3) is 0.333. The summed E-state index contributed by atoms with van der Waals surface area (Å²) in [6, 6.07) is 0. The summed E-state index contributed by atoms with van der Waals surface area (Å²) < 4.78 is 22.0. The van der Waals surface area contributed by atoms with E-state index in [1.165, 1.54) is 0 Å². The Balaban J connectivity index is 2.42. The van der Waals surface area contributed by atoms with Crippen molar-refractivity contribution in [3.63, 3.8) is 0 Å². The summed E-state index contributed by atoms with van der Waals surface area (Å²) in [5.41, 5.74) is 0. The van der Waals surface area contributed by atoms with Crippen molar-refractivity contribution >= 4 is 9.84 Å². The Morgan fingerprint density at radius 1 is 1.11 bits per heavy atom. The maximum atomic E-state index is 11.0. The summed E-state index contributed by atoms with van der Waals surface area (Å²) >= 11 is 0. The van der Waals surface area contributed by atoms with E-state index in [-0.39, 0.29) is 0 Å². The van der Waals surface area contributed by atoms with Crippen LogP contribution in [0.3, 0.4) is 0 Å². The molecule has 0 aromatic rings. The minimum Gasteiger partial charge on any atom is -0.219 e. The molecule has 2 aliphatic carbocycles. The normalized spacial score (nSPS) is 22.7. The second kappa shape index (κ2) is 1.29. The molecule has 0 aliphatic heterocycles. The molecule has 0 heterocycles. The first kappa shape index (κ1) is 5.23. The van der Waals surface area contributed by atoms with Gasteiger partial charge >= 0.3 is 0 Å². The highest BCUT2D eigenvalue weighted by Gasteiger charge is 2.32. The van der Waals surface area contributed by atoms with Crippen LogP contribution >= 0.6 is 0 Å². The number of sulfone groups is 1. The molecule has 0 fully saturated rings. The average molecular weight is 142 g/mol. The van der Waals surface area contributed by atoms with E-state index < -0.39 is 9.84 Å². The SMILES string of the molecule is O=S(=O)(C1=CC1)C1=CC1. The van der Waals surface area contributed by atoms with Gasteiger partial charge in [0.25, 0.3) is 0 Å². The van der Waals surface area contributed by atoms with Crippen LogP contribution in [0.25, 0.3) is 0 Å². The maximum Gasteiger partial charge on any atom is 0.198 e. The summed E-state index contributed by atoms with van der Waals surface area (Å²) in [5.74, 6) is 0. The molecular formula is C6H6O2S. The van der Waals surface area contributed by atoms with Gasteiger partial charge in [0.1, 0.15) is 0 Å². The van der Waals surface area contributed by atoms with Crippen LogP contribution < -0.4 is 0 Å². The molecule has 48 valence electrons. The molecule has 0 aromatic heterocycles. The number of hydrogen-bond acceptors (Lipinski definition) is 2. The third kappa shape index (κ3) is 0.721. The molecule has 0 bridgehead atoms. The summed E-state index contributed by atoms with van der Waals surface area (Å²) in [6.07, 6.45) is 4.85. The smallest absolute Gasteiger partial charge is 0.198 e. The zero-order valence-electron chi connectivity index (χ0n) is 4.79. The van der Waals surface area contributed by atoms with Crippen LogP contribution in [0.2, 0.25) is 0 Å². The lowest BCUT2D eigenvalue weighted by atomic mass is 10.9. The highest BCUT2D eigenvalue weighted by Crippen LogP contribution is 2.37. The monoisotopic (exact) mass is 142 g/mol. The number of rotatable bonds is 2. The summed E-state index contributed by atoms with van der Waals surface area (Å²) in [6.45, 7) is 0. The van der Waals surface area contributed by atoms with Crippen molar-refractivity contribution < 1.29 is 8.42 Å². The lowest BCUT2D eigenvalue weighted by Crippen LogP contribution is -1.92. The Kier molecular flexibility index (Phi) is 0.750. The third-order valence-corrected chi connectivity index (χ3v) is 3.48. The molecule has 2 aliphatic rings. The second-order valence-corrected chi connectivity index (χ2v) is 4.31. The van der Waals surface area contributed by atoms with Crippen LogP contribution in [-0.4, -0.2) is 8.42 Å². The first-order valence-electron chi connectivity index (χ1n) is 2.84. The van der Waals surface area contributed by atoms with Gasteiger partial charge in [-0.05, 0) is 0 Å². The lowest BCUT2D eigenvalue weighted by molar-refractivity contribution is 0.609. The van der Waals surface area contributed by atoms with Crippen molar-refractivity contribution in [3.05, 3.63) is 22.0 Å². The van der Waals surface area contributed by atoms with E-state index >= 15 is 0 Å². The molecule has 9 heavy (non-hydrogen) atoms. The van der Waals surface area contributed by atoms with Crippen molar-refractivity contribution in [2.45, 2.75) is 12.8 Å². The molecule has 0 aromatic carbocycles. The molecule has 0 unspecified atom stereocenters. The Bertz CT molecular complexity index is 280. The van der Waals surface area contributed by atoms with Crippen molar-refractivity contribution in [2.75, 3.05) is 0 Å². The number of hydrogen-bond donors (Lipinski definition) is 0. The van der Waals surface area contributed by atoms with Crippen LogP contribution in [0, 0.1) is 0 Å². The highest BCUT2D eigenvalue weighted by atomic mass is 32.2. The standard InChI is InChI=1S/C6H6O2S/c7-9(8,5-1-2-5)6-3-4-6/h1,3H,2,4H2. The van der Waals surface area contributed by atoms with Crippen LogP contribution in [0.15, 0.2) is 22.0 Å². The minimum absolute atomic E-state index is 0.617. The topological polar surface area (TPSA) is 34.1 Å². The molecule has 0 atom stereocenters. The van der Waals surface area contributed by atoms with Gasteiger partial charge < -0.3 is 0 Å². The van der Waals surface area contributed by atoms with E-state index in [0.717, 1.165) is 0 Å². The zero-order valence-corrected chi connectivity index (χ0v) is 5.61.